The zero-order valence-corrected chi connectivity index (χ0v) is 14.8. The second-order valence-electron chi connectivity index (χ2n) is 5.34. The molecule has 2 aromatic carbocycles. The van der Waals surface area contributed by atoms with Crippen molar-refractivity contribution in [2.24, 2.45) is 0 Å². The SMILES string of the molecule is O=C(CSc1n[nH]c(/C=C/c2ccccc2)n1)NOCc1ccccc1. The number of aromatic nitrogens is 3. The number of thioether (sulfide) groups is 1. The topological polar surface area (TPSA) is 79.9 Å². The first-order chi connectivity index (χ1) is 12.8. The quantitative estimate of drug-likeness (QED) is 0.472. The van der Waals surface area contributed by atoms with Crippen LogP contribution in [0.1, 0.15) is 17.0 Å². The van der Waals surface area contributed by atoms with E-state index < -0.39 is 0 Å². The summed E-state index contributed by atoms with van der Waals surface area (Å²) in [7, 11) is 0. The fourth-order valence-electron chi connectivity index (χ4n) is 2.07. The number of hydrogen-bond acceptors (Lipinski definition) is 5. The number of rotatable bonds is 8. The van der Waals surface area contributed by atoms with Gasteiger partial charge in [-0.3, -0.25) is 14.7 Å². The molecule has 3 aromatic rings. The van der Waals surface area contributed by atoms with Crippen LogP contribution in [0.3, 0.4) is 0 Å². The number of aromatic amines is 1. The van der Waals surface area contributed by atoms with Crippen molar-refractivity contribution >= 4 is 29.8 Å². The van der Waals surface area contributed by atoms with Crippen molar-refractivity contribution < 1.29 is 9.63 Å². The third-order valence-corrected chi connectivity index (χ3v) is 4.16. The summed E-state index contributed by atoms with van der Waals surface area (Å²) in [5.74, 6) is 0.572. The Labute approximate surface area is 155 Å². The number of hydroxylamine groups is 1. The molecule has 132 valence electrons. The number of H-pyrrole nitrogens is 1. The van der Waals surface area contributed by atoms with Gasteiger partial charge in [-0.25, -0.2) is 10.5 Å². The second kappa shape index (κ2) is 9.55. The van der Waals surface area contributed by atoms with Gasteiger partial charge in [0.25, 0.3) is 5.91 Å². The average Bonchev–Trinajstić information content (AvgIpc) is 3.14. The smallest absolute Gasteiger partial charge is 0.254 e. The third-order valence-electron chi connectivity index (χ3n) is 3.32. The average molecular weight is 366 g/mol. The Bertz CT molecular complexity index is 850. The third kappa shape index (κ3) is 5.87. The van der Waals surface area contributed by atoms with Crippen molar-refractivity contribution in [3.8, 4) is 0 Å². The van der Waals surface area contributed by atoms with Crippen molar-refractivity contribution in [3.63, 3.8) is 0 Å². The summed E-state index contributed by atoms with van der Waals surface area (Å²) < 4.78 is 0. The first-order valence-corrected chi connectivity index (χ1v) is 9.01. The van der Waals surface area contributed by atoms with Gasteiger partial charge in [0.1, 0.15) is 5.82 Å². The summed E-state index contributed by atoms with van der Waals surface area (Å²) >= 11 is 1.24. The Balaban J connectivity index is 1.40. The van der Waals surface area contributed by atoms with E-state index in [4.69, 9.17) is 4.84 Å². The Hall–Kier alpha value is -2.90. The van der Waals surface area contributed by atoms with E-state index in [9.17, 15) is 4.79 Å². The highest BCUT2D eigenvalue weighted by Gasteiger charge is 2.07. The van der Waals surface area contributed by atoms with E-state index in [0.717, 1.165) is 11.1 Å². The number of hydrogen-bond donors (Lipinski definition) is 2. The Morgan fingerprint density at radius 2 is 1.81 bits per heavy atom. The Morgan fingerprint density at radius 1 is 1.08 bits per heavy atom. The molecular weight excluding hydrogens is 348 g/mol. The van der Waals surface area contributed by atoms with E-state index in [1.807, 2.05) is 72.8 Å². The summed E-state index contributed by atoms with van der Waals surface area (Å²) in [5.41, 5.74) is 4.48. The summed E-state index contributed by atoms with van der Waals surface area (Å²) in [6.07, 6.45) is 3.79. The minimum Gasteiger partial charge on any atom is -0.272 e. The van der Waals surface area contributed by atoms with E-state index in [0.29, 0.717) is 17.6 Å². The number of nitrogens with zero attached hydrogens (tertiary/aromatic N) is 2. The molecule has 0 atom stereocenters. The molecule has 0 radical (unpaired) electrons. The molecule has 0 aliphatic carbocycles. The number of nitrogens with one attached hydrogen (secondary N) is 2. The van der Waals surface area contributed by atoms with Crippen molar-refractivity contribution in [2.75, 3.05) is 5.75 Å². The molecule has 2 N–H and O–H groups in total. The van der Waals surface area contributed by atoms with E-state index in [-0.39, 0.29) is 11.7 Å². The highest BCUT2D eigenvalue weighted by atomic mass is 32.2. The molecule has 1 heterocycles. The van der Waals surface area contributed by atoms with E-state index in [2.05, 4.69) is 20.7 Å². The van der Waals surface area contributed by atoms with Gasteiger partial charge in [-0.2, -0.15) is 0 Å². The molecule has 0 saturated heterocycles. The lowest BCUT2D eigenvalue weighted by Crippen LogP contribution is -2.25. The van der Waals surface area contributed by atoms with E-state index >= 15 is 0 Å². The lowest BCUT2D eigenvalue weighted by Gasteiger charge is -2.04. The predicted molar refractivity (Wildman–Crippen MR) is 102 cm³/mol. The van der Waals surface area contributed by atoms with Crippen molar-refractivity contribution in [1.82, 2.24) is 20.7 Å². The van der Waals surface area contributed by atoms with E-state index in [1.54, 1.807) is 0 Å². The maximum atomic E-state index is 11.8. The number of carbonyl (C=O) groups is 1. The number of amides is 1. The number of carbonyl (C=O) groups excluding carboxylic acids is 1. The molecule has 0 aliphatic rings. The maximum absolute atomic E-state index is 11.8. The van der Waals surface area contributed by atoms with Crippen LogP contribution in [0.25, 0.3) is 12.2 Å². The van der Waals surface area contributed by atoms with Crippen LogP contribution in [0, 0.1) is 0 Å². The summed E-state index contributed by atoms with van der Waals surface area (Å²) in [6.45, 7) is 0.326. The largest absolute Gasteiger partial charge is 0.272 e. The normalized spacial score (nSPS) is 10.9. The van der Waals surface area contributed by atoms with Crippen LogP contribution >= 0.6 is 11.8 Å². The zero-order chi connectivity index (χ0) is 18.0. The van der Waals surface area contributed by atoms with Gasteiger partial charge in [-0.05, 0) is 17.2 Å². The lowest BCUT2D eigenvalue weighted by molar-refractivity contribution is -0.131. The highest BCUT2D eigenvalue weighted by molar-refractivity contribution is 7.99. The molecule has 0 fully saturated rings. The van der Waals surface area contributed by atoms with Gasteiger partial charge in [0.2, 0.25) is 5.16 Å². The van der Waals surface area contributed by atoms with Gasteiger partial charge >= 0.3 is 0 Å². The van der Waals surface area contributed by atoms with Crippen LogP contribution in [0.2, 0.25) is 0 Å². The lowest BCUT2D eigenvalue weighted by atomic mass is 10.2. The first kappa shape index (κ1) is 17.9. The van der Waals surface area contributed by atoms with Crippen molar-refractivity contribution in [3.05, 3.63) is 77.6 Å². The van der Waals surface area contributed by atoms with Crippen LogP contribution in [0.4, 0.5) is 0 Å². The Morgan fingerprint density at radius 3 is 2.58 bits per heavy atom. The number of benzene rings is 2. The van der Waals surface area contributed by atoms with Gasteiger partial charge in [0.15, 0.2) is 0 Å². The van der Waals surface area contributed by atoms with Gasteiger partial charge in [0, 0.05) is 0 Å². The van der Waals surface area contributed by atoms with Crippen molar-refractivity contribution in [2.45, 2.75) is 11.8 Å². The molecule has 0 unspecified atom stereocenters. The van der Waals surface area contributed by atoms with E-state index in [1.165, 1.54) is 11.8 Å². The maximum Gasteiger partial charge on any atom is 0.254 e. The predicted octanol–water partition coefficient (Wildman–Crippen LogP) is 3.32. The summed E-state index contributed by atoms with van der Waals surface area (Å²) in [5, 5.41) is 7.43. The van der Waals surface area contributed by atoms with Gasteiger partial charge in [-0.15, -0.1) is 5.10 Å². The standard InChI is InChI=1S/C19H18N4O2S/c24-18(23-25-13-16-9-5-2-6-10-16)14-26-19-20-17(21-22-19)12-11-15-7-3-1-4-8-15/h1-12H,13-14H2,(H,23,24)(H,20,21,22)/b12-11+. The van der Waals surface area contributed by atoms with Crippen LogP contribution in [0.15, 0.2) is 65.8 Å². The van der Waals surface area contributed by atoms with Crippen molar-refractivity contribution in [1.29, 1.82) is 0 Å². The van der Waals surface area contributed by atoms with Crippen LogP contribution in [0.5, 0.6) is 0 Å². The Kier molecular flexibility index (Phi) is 6.58. The second-order valence-corrected chi connectivity index (χ2v) is 6.28. The molecule has 3 rings (SSSR count). The van der Waals surface area contributed by atoms with Gasteiger partial charge in [0.05, 0.1) is 12.4 Å². The molecule has 6 nitrogen and oxygen atoms in total. The molecule has 0 aliphatic heterocycles. The first-order valence-electron chi connectivity index (χ1n) is 8.02. The molecule has 0 spiro atoms. The molecule has 1 aromatic heterocycles. The van der Waals surface area contributed by atoms with Crippen LogP contribution in [-0.2, 0) is 16.2 Å². The summed E-state index contributed by atoms with van der Waals surface area (Å²) in [4.78, 5) is 21.3. The van der Waals surface area contributed by atoms with Crippen LogP contribution in [-0.4, -0.2) is 26.8 Å². The molecule has 0 saturated carbocycles. The minimum atomic E-state index is -0.239. The fourth-order valence-corrected chi connectivity index (χ4v) is 2.66. The van der Waals surface area contributed by atoms with Crippen LogP contribution < -0.4 is 5.48 Å². The zero-order valence-electron chi connectivity index (χ0n) is 14.0. The highest BCUT2D eigenvalue weighted by Crippen LogP contribution is 2.13. The summed E-state index contributed by atoms with van der Waals surface area (Å²) in [6, 6.07) is 19.5. The molecule has 7 heteroatoms. The molecular formula is C19H18N4O2S. The molecule has 0 bridgehead atoms. The molecule has 1 amide bonds. The van der Waals surface area contributed by atoms with Gasteiger partial charge in [-0.1, -0.05) is 78.5 Å². The monoisotopic (exact) mass is 366 g/mol. The van der Waals surface area contributed by atoms with Gasteiger partial charge < -0.3 is 0 Å². The minimum absolute atomic E-state index is 0.175. The molecule has 26 heavy (non-hydrogen) atoms. The fraction of sp³-hybridized carbons (Fsp3) is 0.105.